The predicted molar refractivity (Wildman–Crippen MR) is 64.7 cm³/mol. The largest absolute Gasteiger partial charge is 0.330 e. The normalized spacial score (nSPS) is 29.9. The minimum absolute atomic E-state index is 0.435. The van der Waals surface area contributed by atoms with E-state index in [-0.39, 0.29) is 0 Å². The number of rotatable bonds is 3. The molecule has 15 heavy (non-hydrogen) atoms. The van der Waals surface area contributed by atoms with Gasteiger partial charge in [0.25, 0.3) is 0 Å². The summed E-state index contributed by atoms with van der Waals surface area (Å²) in [5.41, 5.74) is 7.70. The number of nitrogens with two attached hydrogens (primary N) is 1. The second kappa shape index (κ2) is 3.64. The average Bonchev–Trinajstić information content (AvgIpc) is 2.80. The molecule has 0 aliphatic heterocycles. The number of benzene rings is 1. The van der Waals surface area contributed by atoms with E-state index in [1.165, 1.54) is 5.56 Å². The van der Waals surface area contributed by atoms with Gasteiger partial charge in [0.1, 0.15) is 0 Å². The Kier molecular flexibility index (Phi) is 2.59. The van der Waals surface area contributed by atoms with Crippen LogP contribution < -0.4 is 5.73 Å². The Morgan fingerprint density at radius 2 is 1.87 bits per heavy atom. The first kappa shape index (κ1) is 10.7. The highest BCUT2D eigenvalue weighted by Crippen LogP contribution is 2.63. The van der Waals surface area contributed by atoms with Crippen molar-refractivity contribution in [1.29, 1.82) is 0 Å². The Morgan fingerprint density at radius 1 is 1.27 bits per heavy atom. The molecule has 1 aliphatic rings. The maximum atomic E-state index is 5.82. The number of hydrogen-bond donors (Lipinski definition) is 1. The molecule has 0 spiro atoms. The van der Waals surface area contributed by atoms with Crippen LogP contribution in [-0.4, -0.2) is 6.54 Å². The highest BCUT2D eigenvalue weighted by molar-refractivity contribution is 5.24. The molecule has 0 amide bonds. The van der Waals surface area contributed by atoms with Gasteiger partial charge in [-0.3, -0.25) is 0 Å². The molecule has 2 rings (SSSR count). The number of hydrogen-bond acceptors (Lipinski definition) is 1. The third kappa shape index (κ3) is 1.69. The molecule has 3 unspecified atom stereocenters. The summed E-state index contributed by atoms with van der Waals surface area (Å²) < 4.78 is 0. The quantitative estimate of drug-likeness (QED) is 0.803. The molecule has 1 nitrogen and oxygen atoms in total. The molecular weight excluding hydrogens is 182 g/mol. The van der Waals surface area contributed by atoms with E-state index in [4.69, 9.17) is 5.73 Å². The van der Waals surface area contributed by atoms with Gasteiger partial charge in [0.2, 0.25) is 0 Å². The van der Waals surface area contributed by atoms with Gasteiger partial charge < -0.3 is 5.73 Å². The van der Waals surface area contributed by atoms with Crippen molar-refractivity contribution in [3.63, 3.8) is 0 Å². The van der Waals surface area contributed by atoms with Crippen molar-refractivity contribution in [1.82, 2.24) is 0 Å². The monoisotopic (exact) mass is 203 g/mol. The Morgan fingerprint density at radius 3 is 2.33 bits per heavy atom. The van der Waals surface area contributed by atoms with Crippen LogP contribution in [0.5, 0.6) is 0 Å². The smallest absolute Gasteiger partial charge is 0.00406 e. The highest BCUT2D eigenvalue weighted by atomic mass is 14.7. The van der Waals surface area contributed by atoms with Crippen LogP contribution >= 0.6 is 0 Å². The summed E-state index contributed by atoms with van der Waals surface area (Å²) in [5.74, 6) is 2.09. The first-order chi connectivity index (χ1) is 7.09. The molecule has 0 saturated heterocycles. The Hall–Kier alpha value is -0.820. The van der Waals surface area contributed by atoms with Crippen LogP contribution in [0.1, 0.15) is 32.3 Å². The zero-order chi connectivity index (χ0) is 11.1. The Labute approximate surface area is 92.7 Å². The molecule has 1 aliphatic carbocycles. The third-order valence-corrected chi connectivity index (χ3v) is 4.26. The topological polar surface area (TPSA) is 26.0 Å². The van der Waals surface area contributed by atoms with Crippen LogP contribution in [-0.2, 0) is 0 Å². The Balaban J connectivity index is 2.14. The van der Waals surface area contributed by atoms with E-state index >= 15 is 0 Å². The van der Waals surface area contributed by atoms with Crippen LogP contribution in [0.3, 0.4) is 0 Å². The van der Waals surface area contributed by atoms with Gasteiger partial charge in [-0.25, -0.2) is 0 Å². The fourth-order valence-electron chi connectivity index (χ4n) is 3.19. The fourth-order valence-corrected chi connectivity index (χ4v) is 3.19. The molecule has 82 valence electrons. The molecule has 1 aromatic carbocycles. The van der Waals surface area contributed by atoms with Gasteiger partial charge in [0.15, 0.2) is 0 Å². The standard InChI is InChI=1S/C14H21N/c1-10(11-7-5-4-6-8-11)13-12(9-15)14(13,2)3/h4-8,10,12-13H,9,15H2,1-3H3. The van der Waals surface area contributed by atoms with Gasteiger partial charge in [0.05, 0.1) is 0 Å². The molecular formula is C14H21N. The SMILES string of the molecule is CC(c1ccccc1)C1C(CN)C1(C)C. The minimum Gasteiger partial charge on any atom is -0.330 e. The van der Waals surface area contributed by atoms with Gasteiger partial charge >= 0.3 is 0 Å². The van der Waals surface area contributed by atoms with Crippen molar-refractivity contribution in [2.45, 2.75) is 26.7 Å². The van der Waals surface area contributed by atoms with Gasteiger partial charge in [-0.2, -0.15) is 0 Å². The van der Waals surface area contributed by atoms with Gasteiger partial charge in [-0.1, -0.05) is 51.1 Å². The van der Waals surface area contributed by atoms with Crippen LogP contribution in [0.4, 0.5) is 0 Å². The molecule has 1 fully saturated rings. The second-order valence-electron chi connectivity index (χ2n) is 5.39. The van der Waals surface area contributed by atoms with Crippen molar-refractivity contribution in [2.24, 2.45) is 23.0 Å². The van der Waals surface area contributed by atoms with E-state index in [0.29, 0.717) is 17.3 Å². The van der Waals surface area contributed by atoms with E-state index in [9.17, 15) is 0 Å². The maximum Gasteiger partial charge on any atom is -0.00406 e. The van der Waals surface area contributed by atoms with E-state index in [1.54, 1.807) is 0 Å². The summed E-state index contributed by atoms with van der Waals surface area (Å²) >= 11 is 0. The summed E-state index contributed by atoms with van der Waals surface area (Å²) in [6, 6.07) is 10.8. The lowest BCUT2D eigenvalue weighted by atomic mass is 9.92. The lowest BCUT2D eigenvalue weighted by Crippen LogP contribution is -2.06. The van der Waals surface area contributed by atoms with Gasteiger partial charge in [-0.15, -0.1) is 0 Å². The van der Waals surface area contributed by atoms with E-state index < -0.39 is 0 Å². The van der Waals surface area contributed by atoms with Gasteiger partial charge in [0, 0.05) is 0 Å². The van der Waals surface area contributed by atoms with Crippen LogP contribution in [0.25, 0.3) is 0 Å². The highest BCUT2D eigenvalue weighted by Gasteiger charge is 2.58. The molecule has 0 radical (unpaired) electrons. The lowest BCUT2D eigenvalue weighted by molar-refractivity contribution is 0.501. The van der Waals surface area contributed by atoms with Gasteiger partial charge in [-0.05, 0) is 35.3 Å². The average molecular weight is 203 g/mol. The summed E-state index contributed by atoms with van der Waals surface area (Å²) in [5, 5.41) is 0. The molecule has 1 aromatic rings. The Bertz CT molecular complexity index is 328. The van der Waals surface area contributed by atoms with Crippen molar-refractivity contribution in [3.8, 4) is 0 Å². The van der Waals surface area contributed by atoms with Crippen molar-refractivity contribution in [2.75, 3.05) is 6.54 Å². The van der Waals surface area contributed by atoms with Crippen molar-refractivity contribution < 1.29 is 0 Å². The van der Waals surface area contributed by atoms with Crippen LogP contribution in [0, 0.1) is 17.3 Å². The summed E-state index contributed by atoms with van der Waals surface area (Å²) in [4.78, 5) is 0. The summed E-state index contributed by atoms with van der Waals surface area (Å²) in [6.07, 6.45) is 0. The molecule has 3 atom stereocenters. The zero-order valence-electron chi connectivity index (χ0n) is 9.90. The molecule has 0 aromatic heterocycles. The molecule has 1 saturated carbocycles. The molecule has 0 heterocycles. The fraction of sp³-hybridized carbons (Fsp3) is 0.571. The molecule has 0 bridgehead atoms. The molecule has 2 N–H and O–H groups in total. The third-order valence-electron chi connectivity index (χ3n) is 4.26. The minimum atomic E-state index is 0.435. The lowest BCUT2D eigenvalue weighted by Gasteiger charge is -2.13. The van der Waals surface area contributed by atoms with Crippen molar-refractivity contribution >= 4 is 0 Å². The first-order valence-corrected chi connectivity index (χ1v) is 5.84. The summed E-state index contributed by atoms with van der Waals surface area (Å²) in [6.45, 7) is 7.84. The van der Waals surface area contributed by atoms with Crippen LogP contribution in [0.15, 0.2) is 30.3 Å². The predicted octanol–water partition coefficient (Wildman–Crippen LogP) is 3.02. The summed E-state index contributed by atoms with van der Waals surface area (Å²) in [7, 11) is 0. The molecule has 1 heteroatoms. The van der Waals surface area contributed by atoms with E-state index in [2.05, 4.69) is 51.1 Å². The van der Waals surface area contributed by atoms with E-state index in [1.807, 2.05) is 0 Å². The zero-order valence-corrected chi connectivity index (χ0v) is 9.90. The second-order valence-corrected chi connectivity index (χ2v) is 5.39. The van der Waals surface area contributed by atoms with Crippen molar-refractivity contribution in [3.05, 3.63) is 35.9 Å². The van der Waals surface area contributed by atoms with E-state index in [0.717, 1.165) is 12.5 Å². The van der Waals surface area contributed by atoms with Crippen LogP contribution in [0.2, 0.25) is 0 Å². The maximum absolute atomic E-state index is 5.82. The first-order valence-electron chi connectivity index (χ1n) is 5.84.